The minimum absolute atomic E-state index is 0.0603. The summed E-state index contributed by atoms with van der Waals surface area (Å²) in [5, 5.41) is 12.8. The van der Waals surface area contributed by atoms with E-state index in [2.05, 4.69) is 9.82 Å². The fourth-order valence-electron chi connectivity index (χ4n) is 2.15. The third kappa shape index (κ3) is 4.04. The van der Waals surface area contributed by atoms with E-state index in [0.29, 0.717) is 13.0 Å². The first-order chi connectivity index (χ1) is 9.43. The summed E-state index contributed by atoms with van der Waals surface area (Å²) in [5.74, 6) is 0. The van der Waals surface area contributed by atoms with Gasteiger partial charge in [-0.15, -0.1) is 0 Å². The zero-order valence-corrected chi connectivity index (χ0v) is 13.3. The van der Waals surface area contributed by atoms with Gasteiger partial charge in [0.15, 0.2) is 0 Å². The molecule has 6 nitrogen and oxygen atoms in total. The Balaban J connectivity index is 2.90. The average molecular weight is 303 g/mol. The lowest BCUT2D eigenvalue weighted by molar-refractivity contribution is 0.277. The van der Waals surface area contributed by atoms with E-state index in [1.54, 1.807) is 0 Å². The number of aliphatic hydroxyl groups is 1. The van der Waals surface area contributed by atoms with Crippen LogP contribution in [0.5, 0.6) is 0 Å². The molecule has 0 bridgehead atoms. The van der Waals surface area contributed by atoms with Crippen molar-refractivity contribution in [1.29, 1.82) is 0 Å². The van der Waals surface area contributed by atoms with E-state index < -0.39 is 15.6 Å². The number of hydrogen-bond acceptors (Lipinski definition) is 4. The molecule has 116 valence electrons. The van der Waals surface area contributed by atoms with Gasteiger partial charge >= 0.3 is 0 Å². The van der Waals surface area contributed by atoms with Gasteiger partial charge in [0.2, 0.25) is 10.0 Å². The second-order valence-electron chi connectivity index (χ2n) is 4.96. The topological polar surface area (TPSA) is 84.2 Å². The lowest BCUT2D eigenvalue weighted by atomic mass is 9.91. The van der Waals surface area contributed by atoms with Crippen molar-refractivity contribution in [1.82, 2.24) is 14.5 Å². The van der Waals surface area contributed by atoms with Crippen molar-refractivity contribution >= 4 is 10.0 Å². The summed E-state index contributed by atoms with van der Waals surface area (Å²) >= 11 is 0. The fourth-order valence-corrected chi connectivity index (χ4v) is 3.72. The van der Waals surface area contributed by atoms with Crippen molar-refractivity contribution in [3.8, 4) is 0 Å². The largest absolute Gasteiger partial charge is 0.396 e. The Morgan fingerprint density at radius 3 is 2.40 bits per heavy atom. The Hall–Kier alpha value is -0.920. The summed E-state index contributed by atoms with van der Waals surface area (Å²) in [6.45, 7) is 6.53. The van der Waals surface area contributed by atoms with Crippen LogP contribution in [-0.4, -0.2) is 35.5 Å². The molecule has 0 aromatic carbocycles. The highest BCUT2D eigenvalue weighted by molar-refractivity contribution is 7.89. The van der Waals surface area contributed by atoms with Crippen molar-refractivity contribution < 1.29 is 13.5 Å². The second-order valence-corrected chi connectivity index (χ2v) is 6.65. The van der Waals surface area contributed by atoms with E-state index >= 15 is 0 Å². The Morgan fingerprint density at radius 1 is 1.30 bits per heavy atom. The smallest absolute Gasteiger partial charge is 0.244 e. The highest BCUT2D eigenvalue weighted by atomic mass is 32.2. The fraction of sp³-hybridized carbons (Fsp3) is 0.769. The first-order valence-electron chi connectivity index (χ1n) is 7.10. The predicted molar refractivity (Wildman–Crippen MR) is 77.9 cm³/mol. The predicted octanol–water partition coefficient (Wildman–Crippen LogP) is 1.51. The van der Waals surface area contributed by atoms with Crippen LogP contribution < -0.4 is 4.72 Å². The Labute approximate surface area is 121 Å². The zero-order chi connectivity index (χ0) is 15.2. The lowest BCUT2D eigenvalue weighted by Gasteiger charge is -2.30. The molecule has 1 aromatic rings. The molecule has 0 saturated heterocycles. The molecule has 0 aliphatic carbocycles. The van der Waals surface area contributed by atoms with E-state index in [4.69, 9.17) is 5.11 Å². The van der Waals surface area contributed by atoms with Crippen molar-refractivity contribution in [3.63, 3.8) is 0 Å². The SMILES string of the molecule is CCC(CC)(CC)NS(=O)(=O)c1cnn(CCCO)c1. The molecule has 0 amide bonds. The van der Waals surface area contributed by atoms with E-state index in [1.807, 2.05) is 20.8 Å². The van der Waals surface area contributed by atoms with Crippen molar-refractivity contribution in [2.75, 3.05) is 6.61 Å². The molecule has 7 heteroatoms. The summed E-state index contributed by atoms with van der Waals surface area (Å²) in [6.07, 6.45) is 5.65. The van der Waals surface area contributed by atoms with Crippen LogP contribution in [0.3, 0.4) is 0 Å². The standard InChI is InChI=1S/C13H25N3O3S/c1-4-13(5-2,6-3)15-20(18,19)12-10-14-16(11-12)8-7-9-17/h10-11,15,17H,4-9H2,1-3H3. The molecule has 0 atom stereocenters. The van der Waals surface area contributed by atoms with E-state index in [-0.39, 0.29) is 11.5 Å². The maximum absolute atomic E-state index is 12.4. The van der Waals surface area contributed by atoms with Gasteiger partial charge in [-0.3, -0.25) is 4.68 Å². The molecule has 0 saturated carbocycles. The molecule has 0 fully saturated rings. The molecule has 0 unspecified atom stereocenters. The molecule has 0 aliphatic heterocycles. The third-order valence-electron chi connectivity index (χ3n) is 3.85. The van der Waals surface area contributed by atoms with Gasteiger partial charge in [0, 0.05) is 24.9 Å². The third-order valence-corrected chi connectivity index (χ3v) is 5.38. The molecule has 0 radical (unpaired) electrons. The van der Waals surface area contributed by atoms with Gasteiger partial charge in [-0.2, -0.15) is 5.10 Å². The molecule has 1 rings (SSSR count). The number of nitrogens with one attached hydrogen (secondary N) is 1. The molecular formula is C13H25N3O3S. The number of aryl methyl sites for hydroxylation is 1. The second kappa shape index (κ2) is 7.19. The van der Waals surface area contributed by atoms with Gasteiger partial charge in [0.05, 0.1) is 6.20 Å². The van der Waals surface area contributed by atoms with Gasteiger partial charge in [-0.25, -0.2) is 13.1 Å². The van der Waals surface area contributed by atoms with Crippen LogP contribution in [-0.2, 0) is 16.6 Å². The maximum atomic E-state index is 12.4. The Bertz CT molecular complexity index is 498. The minimum atomic E-state index is -3.55. The molecule has 2 N–H and O–H groups in total. The van der Waals surface area contributed by atoms with Crippen molar-refractivity contribution in [3.05, 3.63) is 12.4 Å². The Morgan fingerprint density at radius 2 is 1.90 bits per heavy atom. The van der Waals surface area contributed by atoms with E-state index in [9.17, 15) is 8.42 Å². The van der Waals surface area contributed by atoms with Crippen LogP contribution in [0, 0.1) is 0 Å². The first-order valence-corrected chi connectivity index (χ1v) is 8.58. The molecule has 1 aromatic heterocycles. The minimum Gasteiger partial charge on any atom is -0.396 e. The number of aliphatic hydroxyl groups excluding tert-OH is 1. The van der Waals surface area contributed by atoms with Crippen LogP contribution in [0.1, 0.15) is 46.5 Å². The van der Waals surface area contributed by atoms with Crippen LogP contribution in [0.4, 0.5) is 0 Å². The highest BCUT2D eigenvalue weighted by Gasteiger charge is 2.30. The summed E-state index contributed by atoms with van der Waals surface area (Å²) in [7, 11) is -3.55. The number of sulfonamides is 1. The van der Waals surface area contributed by atoms with E-state index in [1.165, 1.54) is 17.1 Å². The molecule has 1 heterocycles. The first kappa shape index (κ1) is 17.1. The number of hydrogen-bond donors (Lipinski definition) is 2. The van der Waals surface area contributed by atoms with Crippen LogP contribution in [0.25, 0.3) is 0 Å². The van der Waals surface area contributed by atoms with Gasteiger partial charge < -0.3 is 5.11 Å². The average Bonchev–Trinajstić information content (AvgIpc) is 2.92. The number of nitrogens with zero attached hydrogens (tertiary/aromatic N) is 2. The molecule has 0 aliphatic rings. The highest BCUT2D eigenvalue weighted by Crippen LogP contribution is 2.22. The van der Waals surface area contributed by atoms with Crippen LogP contribution >= 0.6 is 0 Å². The molecule has 0 spiro atoms. The van der Waals surface area contributed by atoms with E-state index in [0.717, 1.165) is 19.3 Å². The number of aromatic nitrogens is 2. The van der Waals surface area contributed by atoms with Crippen molar-refractivity contribution in [2.45, 2.75) is 63.4 Å². The summed E-state index contributed by atoms with van der Waals surface area (Å²) in [4.78, 5) is 0.176. The van der Waals surface area contributed by atoms with Gasteiger partial charge in [0.1, 0.15) is 4.90 Å². The quantitative estimate of drug-likeness (QED) is 0.724. The summed E-state index contributed by atoms with van der Waals surface area (Å²) < 4.78 is 29.1. The number of rotatable bonds is 9. The van der Waals surface area contributed by atoms with Gasteiger partial charge in [0.25, 0.3) is 0 Å². The van der Waals surface area contributed by atoms with Crippen LogP contribution in [0.15, 0.2) is 17.3 Å². The van der Waals surface area contributed by atoms with Crippen LogP contribution in [0.2, 0.25) is 0 Å². The normalized spacial score (nSPS) is 12.8. The molecular weight excluding hydrogens is 278 g/mol. The Kier molecular flexibility index (Phi) is 6.16. The summed E-state index contributed by atoms with van der Waals surface area (Å²) in [6, 6.07) is 0. The van der Waals surface area contributed by atoms with Gasteiger partial charge in [-0.1, -0.05) is 20.8 Å². The maximum Gasteiger partial charge on any atom is 0.244 e. The van der Waals surface area contributed by atoms with Gasteiger partial charge in [-0.05, 0) is 25.7 Å². The summed E-state index contributed by atoms with van der Waals surface area (Å²) in [5.41, 5.74) is -0.397. The zero-order valence-electron chi connectivity index (χ0n) is 12.5. The molecule has 20 heavy (non-hydrogen) atoms. The monoisotopic (exact) mass is 303 g/mol. The van der Waals surface area contributed by atoms with Crippen molar-refractivity contribution in [2.24, 2.45) is 0 Å². The lowest BCUT2D eigenvalue weighted by Crippen LogP contribution is -2.46.